The van der Waals surface area contributed by atoms with E-state index in [-0.39, 0.29) is 12.4 Å². The predicted molar refractivity (Wildman–Crippen MR) is 85.7 cm³/mol. The summed E-state index contributed by atoms with van der Waals surface area (Å²) in [4.78, 5) is 6.47. The third-order valence-electron chi connectivity index (χ3n) is 4.09. The first-order valence-electron chi connectivity index (χ1n) is 7.77. The first kappa shape index (κ1) is 15.9. The quantitative estimate of drug-likeness (QED) is 0.921. The lowest BCUT2D eigenvalue weighted by Gasteiger charge is -2.23. The normalized spacial score (nSPS) is 21.5. The first-order chi connectivity index (χ1) is 11.0. The zero-order valence-corrected chi connectivity index (χ0v) is 13.2. The molecule has 1 saturated heterocycles. The fourth-order valence-corrected chi connectivity index (χ4v) is 2.82. The number of aryl methyl sites for hydroxylation is 1. The van der Waals surface area contributed by atoms with Gasteiger partial charge in [0, 0.05) is 37.6 Å². The van der Waals surface area contributed by atoms with E-state index in [1.54, 1.807) is 12.1 Å². The number of aromatic nitrogens is 1. The van der Waals surface area contributed by atoms with E-state index in [0.717, 1.165) is 24.3 Å². The molecular weight excluding hydrogens is 295 g/mol. The molecule has 23 heavy (non-hydrogen) atoms. The number of β-amino-alcohol motifs (C(OH)–C–C–N with tert-alkyl or cyclic N) is 1. The minimum atomic E-state index is -0.898. The van der Waals surface area contributed by atoms with E-state index < -0.39 is 5.60 Å². The van der Waals surface area contributed by atoms with Crippen molar-refractivity contribution in [1.82, 2.24) is 9.88 Å². The summed E-state index contributed by atoms with van der Waals surface area (Å²) in [7, 11) is 0. The standard InChI is InChI=1S/C18H21FN2O2/c1-14-5-6-15(10-20-14)11-21-8-7-18(22,12-21)13-23-17-4-2-3-16(19)9-17/h2-6,9-10,22H,7-8,11-13H2,1H3/t18-/m0/s1. The third kappa shape index (κ3) is 4.27. The Balaban J connectivity index is 1.54. The van der Waals surface area contributed by atoms with Crippen LogP contribution in [0.1, 0.15) is 17.7 Å². The van der Waals surface area contributed by atoms with Crippen molar-refractivity contribution < 1.29 is 14.2 Å². The molecule has 0 radical (unpaired) electrons. The molecule has 122 valence electrons. The highest BCUT2D eigenvalue weighted by Gasteiger charge is 2.36. The second-order valence-corrected chi connectivity index (χ2v) is 6.24. The molecule has 0 spiro atoms. The molecule has 0 bridgehead atoms. The van der Waals surface area contributed by atoms with Gasteiger partial charge >= 0.3 is 0 Å². The smallest absolute Gasteiger partial charge is 0.126 e. The number of nitrogens with zero attached hydrogens (tertiary/aromatic N) is 2. The summed E-state index contributed by atoms with van der Waals surface area (Å²) in [5.41, 5.74) is 1.23. The van der Waals surface area contributed by atoms with Crippen LogP contribution in [0.3, 0.4) is 0 Å². The summed E-state index contributed by atoms with van der Waals surface area (Å²) in [5, 5.41) is 10.6. The predicted octanol–water partition coefficient (Wildman–Crippen LogP) is 2.54. The number of benzene rings is 1. The molecule has 1 N–H and O–H groups in total. The molecule has 2 aromatic rings. The van der Waals surface area contributed by atoms with Crippen molar-refractivity contribution in [3.63, 3.8) is 0 Å². The topological polar surface area (TPSA) is 45.6 Å². The molecule has 1 atom stereocenters. The molecule has 0 saturated carbocycles. The molecule has 3 rings (SSSR count). The maximum atomic E-state index is 13.1. The Hall–Kier alpha value is -1.98. The van der Waals surface area contributed by atoms with E-state index in [4.69, 9.17) is 4.74 Å². The molecule has 0 amide bonds. The van der Waals surface area contributed by atoms with Crippen LogP contribution in [-0.2, 0) is 6.54 Å². The van der Waals surface area contributed by atoms with Crippen LogP contribution in [0, 0.1) is 12.7 Å². The summed E-state index contributed by atoms with van der Waals surface area (Å²) >= 11 is 0. The molecule has 0 aliphatic carbocycles. The van der Waals surface area contributed by atoms with Gasteiger partial charge in [-0.15, -0.1) is 0 Å². The van der Waals surface area contributed by atoms with Crippen LogP contribution in [0.15, 0.2) is 42.6 Å². The monoisotopic (exact) mass is 316 g/mol. The Morgan fingerprint density at radius 1 is 1.35 bits per heavy atom. The van der Waals surface area contributed by atoms with Crippen LogP contribution in [0.2, 0.25) is 0 Å². The van der Waals surface area contributed by atoms with Crippen molar-refractivity contribution in [2.24, 2.45) is 0 Å². The molecule has 1 aromatic carbocycles. The van der Waals surface area contributed by atoms with Crippen LogP contribution in [0.5, 0.6) is 5.75 Å². The second-order valence-electron chi connectivity index (χ2n) is 6.24. The maximum Gasteiger partial charge on any atom is 0.126 e. The Bertz CT molecular complexity index is 662. The number of rotatable bonds is 5. The number of hydrogen-bond acceptors (Lipinski definition) is 4. The van der Waals surface area contributed by atoms with Crippen molar-refractivity contribution in [3.05, 3.63) is 59.7 Å². The zero-order valence-electron chi connectivity index (χ0n) is 13.2. The molecule has 0 unspecified atom stereocenters. The van der Waals surface area contributed by atoms with Gasteiger partial charge in [0.1, 0.15) is 23.8 Å². The third-order valence-corrected chi connectivity index (χ3v) is 4.09. The van der Waals surface area contributed by atoms with Crippen LogP contribution in [0.25, 0.3) is 0 Å². The molecule has 2 heterocycles. The SMILES string of the molecule is Cc1ccc(CN2CC[C@@](O)(COc3cccc(F)c3)C2)cn1. The molecule has 5 heteroatoms. The number of hydrogen-bond donors (Lipinski definition) is 1. The van der Waals surface area contributed by atoms with Crippen molar-refractivity contribution in [3.8, 4) is 5.75 Å². The van der Waals surface area contributed by atoms with Gasteiger partial charge in [-0.2, -0.15) is 0 Å². The van der Waals surface area contributed by atoms with Gasteiger partial charge < -0.3 is 9.84 Å². The molecule has 1 aliphatic heterocycles. The van der Waals surface area contributed by atoms with Gasteiger partial charge in [-0.05, 0) is 37.1 Å². The number of likely N-dealkylation sites (tertiary alicyclic amines) is 1. The van der Waals surface area contributed by atoms with Crippen LogP contribution in [0.4, 0.5) is 4.39 Å². The average Bonchev–Trinajstić information content (AvgIpc) is 2.90. The lowest BCUT2D eigenvalue weighted by Crippen LogP contribution is -2.39. The lowest BCUT2D eigenvalue weighted by molar-refractivity contribution is 0.00328. The average molecular weight is 316 g/mol. The van der Waals surface area contributed by atoms with Gasteiger partial charge in [-0.25, -0.2) is 4.39 Å². The number of aliphatic hydroxyl groups is 1. The first-order valence-corrected chi connectivity index (χ1v) is 7.77. The highest BCUT2D eigenvalue weighted by Crippen LogP contribution is 2.24. The summed E-state index contributed by atoms with van der Waals surface area (Å²) in [5.74, 6) is 0.106. The van der Waals surface area contributed by atoms with E-state index in [9.17, 15) is 9.50 Å². The van der Waals surface area contributed by atoms with E-state index in [1.165, 1.54) is 12.1 Å². The van der Waals surface area contributed by atoms with Crippen LogP contribution >= 0.6 is 0 Å². The molecular formula is C18H21FN2O2. The van der Waals surface area contributed by atoms with Crippen molar-refractivity contribution in [2.45, 2.75) is 25.5 Å². The van der Waals surface area contributed by atoms with Gasteiger partial charge in [0.2, 0.25) is 0 Å². The Labute approximate surface area is 135 Å². The summed E-state index contributed by atoms with van der Waals surface area (Å²) in [6.07, 6.45) is 2.51. The highest BCUT2D eigenvalue weighted by atomic mass is 19.1. The minimum absolute atomic E-state index is 0.166. The van der Waals surface area contributed by atoms with E-state index in [1.807, 2.05) is 19.2 Å². The zero-order chi connectivity index (χ0) is 16.3. The van der Waals surface area contributed by atoms with Crippen molar-refractivity contribution in [1.29, 1.82) is 0 Å². The number of pyridine rings is 1. The fraction of sp³-hybridized carbons (Fsp3) is 0.389. The summed E-state index contributed by atoms with van der Waals surface area (Å²) < 4.78 is 18.7. The Morgan fingerprint density at radius 3 is 2.96 bits per heavy atom. The largest absolute Gasteiger partial charge is 0.490 e. The van der Waals surface area contributed by atoms with Gasteiger partial charge in [0.15, 0.2) is 0 Å². The molecule has 1 fully saturated rings. The van der Waals surface area contributed by atoms with E-state index in [2.05, 4.69) is 16.0 Å². The maximum absolute atomic E-state index is 13.1. The van der Waals surface area contributed by atoms with Gasteiger partial charge in [0.25, 0.3) is 0 Å². The van der Waals surface area contributed by atoms with Gasteiger partial charge in [0.05, 0.1) is 0 Å². The van der Waals surface area contributed by atoms with Crippen LogP contribution < -0.4 is 4.74 Å². The Morgan fingerprint density at radius 2 is 2.22 bits per heavy atom. The molecule has 1 aromatic heterocycles. The van der Waals surface area contributed by atoms with Gasteiger partial charge in [-0.1, -0.05) is 12.1 Å². The molecule has 4 nitrogen and oxygen atoms in total. The highest BCUT2D eigenvalue weighted by molar-refractivity contribution is 5.22. The Kier molecular flexibility index (Phi) is 4.59. The number of ether oxygens (including phenoxy) is 1. The summed E-state index contributed by atoms with van der Waals surface area (Å²) in [6, 6.07) is 10.0. The van der Waals surface area contributed by atoms with E-state index >= 15 is 0 Å². The van der Waals surface area contributed by atoms with Gasteiger partial charge in [-0.3, -0.25) is 9.88 Å². The summed E-state index contributed by atoms with van der Waals surface area (Å²) in [6.45, 7) is 4.23. The molecule has 1 aliphatic rings. The lowest BCUT2D eigenvalue weighted by atomic mass is 10.1. The van der Waals surface area contributed by atoms with E-state index in [0.29, 0.717) is 18.7 Å². The number of halogens is 1. The van der Waals surface area contributed by atoms with Crippen LogP contribution in [-0.4, -0.2) is 40.3 Å². The van der Waals surface area contributed by atoms with Crippen molar-refractivity contribution in [2.75, 3.05) is 19.7 Å². The fourth-order valence-electron chi connectivity index (χ4n) is 2.82. The minimum Gasteiger partial charge on any atom is -0.490 e. The second kappa shape index (κ2) is 6.64. The van der Waals surface area contributed by atoms with Crippen molar-refractivity contribution >= 4 is 0 Å².